The van der Waals surface area contributed by atoms with Crippen LogP contribution in [0.25, 0.3) is 0 Å². The number of hydrogen-bond acceptors (Lipinski definition) is 4. The molecule has 6 heteroatoms. The van der Waals surface area contributed by atoms with Crippen LogP contribution >= 0.6 is 0 Å². The van der Waals surface area contributed by atoms with E-state index in [2.05, 4.69) is 4.98 Å². The molecule has 1 aromatic rings. The predicted molar refractivity (Wildman–Crippen MR) is 65.0 cm³/mol. The lowest BCUT2D eigenvalue weighted by Crippen LogP contribution is -2.35. The van der Waals surface area contributed by atoms with Crippen molar-refractivity contribution in [3.05, 3.63) is 23.6 Å². The molecule has 0 radical (unpaired) electrons. The van der Waals surface area contributed by atoms with Gasteiger partial charge in [-0.25, -0.2) is 9.37 Å². The van der Waals surface area contributed by atoms with Crippen LogP contribution < -0.4 is 5.73 Å². The van der Waals surface area contributed by atoms with Crippen molar-refractivity contribution in [1.82, 2.24) is 9.88 Å². The molecule has 0 aliphatic heterocycles. The molecule has 0 aliphatic rings. The van der Waals surface area contributed by atoms with Gasteiger partial charge in [0.05, 0.1) is 17.6 Å². The molecule has 0 fully saturated rings. The molecule has 0 aliphatic carbocycles. The summed E-state index contributed by atoms with van der Waals surface area (Å²) >= 11 is 0. The van der Waals surface area contributed by atoms with Gasteiger partial charge in [0, 0.05) is 19.3 Å². The summed E-state index contributed by atoms with van der Waals surface area (Å²) in [6.45, 7) is 4.12. The van der Waals surface area contributed by atoms with Gasteiger partial charge in [0.25, 0.3) is 5.91 Å². The first-order valence-electron chi connectivity index (χ1n) is 5.60. The molecule has 1 heterocycles. The third-order valence-electron chi connectivity index (χ3n) is 2.53. The Hall–Kier alpha value is -2.16. The monoisotopic (exact) mass is 250 g/mol. The van der Waals surface area contributed by atoms with Gasteiger partial charge in [-0.15, -0.1) is 0 Å². The lowest BCUT2D eigenvalue weighted by Gasteiger charge is -2.22. The quantitative estimate of drug-likeness (QED) is 0.876. The largest absolute Gasteiger partial charge is 0.381 e. The number of rotatable bonds is 4. The van der Waals surface area contributed by atoms with Gasteiger partial charge in [-0.05, 0) is 19.9 Å². The fourth-order valence-electron chi connectivity index (χ4n) is 1.52. The van der Waals surface area contributed by atoms with E-state index in [9.17, 15) is 9.18 Å². The number of halogens is 1. The van der Waals surface area contributed by atoms with Crippen LogP contribution in [0.5, 0.6) is 0 Å². The Labute approximate surface area is 105 Å². The first kappa shape index (κ1) is 13.9. The van der Waals surface area contributed by atoms with E-state index >= 15 is 0 Å². The summed E-state index contributed by atoms with van der Waals surface area (Å²) in [5, 5.41) is 8.74. The average molecular weight is 250 g/mol. The average Bonchev–Trinajstić information content (AvgIpc) is 2.38. The molecule has 96 valence electrons. The normalized spacial score (nSPS) is 11.7. The first-order chi connectivity index (χ1) is 8.51. The van der Waals surface area contributed by atoms with E-state index < -0.39 is 11.7 Å². The summed E-state index contributed by atoms with van der Waals surface area (Å²) in [7, 11) is 0. The fourth-order valence-corrected chi connectivity index (χ4v) is 1.52. The van der Waals surface area contributed by atoms with Crippen LogP contribution in [0.1, 0.15) is 24.2 Å². The van der Waals surface area contributed by atoms with Crippen LogP contribution in [0.2, 0.25) is 0 Å². The Morgan fingerprint density at radius 3 is 2.94 bits per heavy atom. The second-order valence-corrected chi connectivity index (χ2v) is 3.93. The summed E-state index contributed by atoms with van der Waals surface area (Å²) in [6.07, 6.45) is 1.28. The van der Waals surface area contributed by atoms with Crippen molar-refractivity contribution in [3.8, 4) is 6.07 Å². The maximum Gasteiger partial charge on any atom is 0.257 e. The van der Waals surface area contributed by atoms with E-state index in [1.807, 2.05) is 6.07 Å². The number of anilines is 1. The number of nitriles is 1. The van der Waals surface area contributed by atoms with E-state index in [-0.39, 0.29) is 23.8 Å². The van der Waals surface area contributed by atoms with Crippen molar-refractivity contribution in [2.75, 3.05) is 18.8 Å². The van der Waals surface area contributed by atoms with Gasteiger partial charge >= 0.3 is 0 Å². The third kappa shape index (κ3) is 2.94. The van der Waals surface area contributed by atoms with Crippen LogP contribution in [0.4, 0.5) is 10.2 Å². The maximum absolute atomic E-state index is 13.7. The van der Waals surface area contributed by atoms with Gasteiger partial charge < -0.3 is 10.6 Å². The Bertz CT molecular complexity index is 483. The molecular weight excluding hydrogens is 235 g/mol. The minimum atomic E-state index is -0.814. The molecule has 0 aromatic carbocycles. The van der Waals surface area contributed by atoms with Crippen molar-refractivity contribution in [1.29, 1.82) is 5.26 Å². The Morgan fingerprint density at radius 2 is 2.39 bits per heavy atom. The highest BCUT2D eigenvalue weighted by Gasteiger charge is 2.21. The van der Waals surface area contributed by atoms with Crippen LogP contribution in [0.3, 0.4) is 0 Å². The minimum absolute atomic E-state index is 0.116. The van der Waals surface area contributed by atoms with E-state index in [1.165, 1.54) is 17.2 Å². The summed E-state index contributed by atoms with van der Waals surface area (Å²) in [4.78, 5) is 17.1. The predicted octanol–water partition coefficient (Wildman–Crippen LogP) is 1.42. The molecule has 1 aromatic heterocycles. The highest BCUT2D eigenvalue weighted by Crippen LogP contribution is 2.15. The van der Waals surface area contributed by atoms with E-state index in [4.69, 9.17) is 11.0 Å². The zero-order valence-electron chi connectivity index (χ0n) is 10.4. The minimum Gasteiger partial charge on any atom is -0.381 e. The topological polar surface area (TPSA) is 83.0 Å². The van der Waals surface area contributed by atoms with E-state index in [0.29, 0.717) is 6.54 Å². The SMILES string of the molecule is CCN(CC(C)C#N)C(=O)c1ccnc(N)c1F. The number of nitrogen functional groups attached to an aromatic ring is 1. The zero-order valence-corrected chi connectivity index (χ0v) is 10.4. The summed E-state index contributed by atoms with van der Waals surface area (Å²) in [6, 6.07) is 3.32. The molecule has 0 saturated heterocycles. The van der Waals surface area contributed by atoms with Crippen molar-refractivity contribution in [2.24, 2.45) is 5.92 Å². The molecule has 0 bridgehead atoms. The Balaban J connectivity index is 2.97. The highest BCUT2D eigenvalue weighted by atomic mass is 19.1. The van der Waals surface area contributed by atoms with Gasteiger partial charge in [-0.2, -0.15) is 5.26 Å². The van der Waals surface area contributed by atoms with E-state index in [1.54, 1.807) is 13.8 Å². The molecule has 1 unspecified atom stereocenters. The van der Waals surface area contributed by atoms with Crippen molar-refractivity contribution in [2.45, 2.75) is 13.8 Å². The number of amides is 1. The number of carbonyl (C=O) groups is 1. The van der Waals surface area contributed by atoms with Gasteiger partial charge in [0.2, 0.25) is 0 Å². The molecule has 2 N–H and O–H groups in total. The lowest BCUT2D eigenvalue weighted by molar-refractivity contribution is 0.0748. The smallest absolute Gasteiger partial charge is 0.257 e. The van der Waals surface area contributed by atoms with Gasteiger partial charge in [-0.1, -0.05) is 0 Å². The molecule has 0 saturated carbocycles. The molecule has 1 atom stereocenters. The van der Waals surface area contributed by atoms with Crippen LogP contribution in [-0.4, -0.2) is 28.9 Å². The lowest BCUT2D eigenvalue weighted by atomic mass is 10.1. The Kier molecular flexibility index (Phi) is 4.60. The van der Waals surface area contributed by atoms with Gasteiger partial charge in [-0.3, -0.25) is 4.79 Å². The number of hydrogen-bond donors (Lipinski definition) is 1. The highest BCUT2D eigenvalue weighted by molar-refractivity contribution is 5.95. The van der Waals surface area contributed by atoms with Crippen LogP contribution in [0.15, 0.2) is 12.3 Å². The van der Waals surface area contributed by atoms with Crippen LogP contribution in [-0.2, 0) is 0 Å². The molecule has 1 amide bonds. The molecule has 0 spiro atoms. The molecular formula is C12H15FN4O. The summed E-state index contributed by atoms with van der Waals surface area (Å²) in [5.41, 5.74) is 5.20. The molecule has 1 rings (SSSR count). The van der Waals surface area contributed by atoms with Gasteiger partial charge in [0.1, 0.15) is 0 Å². The number of aromatic nitrogens is 1. The fraction of sp³-hybridized carbons (Fsp3) is 0.417. The number of pyridine rings is 1. The first-order valence-corrected chi connectivity index (χ1v) is 5.60. The number of carbonyl (C=O) groups excluding carboxylic acids is 1. The zero-order chi connectivity index (χ0) is 13.7. The van der Waals surface area contributed by atoms with Crippen molar-refractivity contribution >= 4 is 11.7 Å². The number of nitrogens with zero attached hydrogens (tertiary/aromatic N) is 3. The second-order valence-electron chi connectivity index (χ2n) is 3.93. The van der Waals surface area contributed by atoms with Crippen LogP contribution in [0, 0.1) is 23.1 Å². The molecule has 5 nitrogen and oxygen atoms in total. The van der Waals surface area contributed by atoms with Crippen molar-refractivity contribution < 1.29 is 9.18 Å². The maximum atomic E-state index is 13.7. The molecule has 18 heavy (non-hydrogen) atoms. The number of nitrogens with two attached hydrogens (primary N) is 1. The van der Waals surface area contributed by atoms with Gasteiger partial charge in [0.15, 0.2) is 11.6 Å². The Morgan fingerprint density at radius 1 is 1.72 bits per heavy atom. The standard InChI is InChI=1S/C12H15FN4O/c1-3-17(7-8(2)6-14)12(18)9-4-5-16-11(15)10(9)13/h4-5,8H,3,7H2,1-2H3,(H2,15,16). The van der Waals surface area contributed by atoms with E-state index in [0.717, 1.165) is 0 Å². The summed E-state index contributed by atoms with van der Waals surface area (Å²) in [5.74, 6) is -1.90. The van der Waals surface area contributed by atoms with Crippen molar-refractivity contribution in [3.63, 3.8) is 0 Å². The summed E-state index contributed by atoms with van der Waals surface area (Å²) < 4.78 is 13.7. The second kappa shape index (κ2) is 5.96. The third-order valence-corrected chi connectivity index (χ3v) is 2.53.